The molecule has 0 aliphatic carbocycles. The highest BCUT2D eigenvalue weighted by Gasteiger charge is 2.47. The van der Waals surface area contributed by atoms with Crippen molar-refractivity contribution in [3.63, 3.8) is 0 Å². The number of fused-ring (bicyclic) bond motifs is 2. The van der Waals surface area contributed by atoms with Crippen LogP contribution in [0.15, 0.2) is 0 Å². The van der Waals surface area contributed by atoms with Crippen LogP contribution in [0.2, 0.25) is 0 Å². The lowest BCUT2D eigenvalue weighted by Gasteiger charge is -2.33. The predicted octanol–water partition coefficient (Wildman–Crippen LogP) is -2.21. The van der Waals surface area contributed by atoms with Gasteiger partial charge in [-0.1, -0.05) is 0 Å². The first-order chi connectivity index (χ1) is 5.20. The Hall–Kier alpha value is -0.200. The van der Waals surface area contributed by atoms with Gasteiger partial charge in [-0.25, -0.2) is 0 Å². The van der Waals surface area contributed by atoms with Crippen LogP contribution in [0.1, 0.15) is 0 Å². The molecule has 2 fully saturated rings. The van der Waals surface area contributed by atoms with Gasteiger partial charge in [0.25, 0.3) is 0 Å². The summed E-state index contributed by atoms with van der Waals surface area (Å²) < 4.78 is 10.1. The molecule has 0 aromatic heterocycles. The smallest absolute Gasteiger partial charge is 0.185 e. The van der Waals surface area contributed by atoms with Crippen molar-refractivity contribution in [1.29, 1.82) is 0 Å². The lowest BCUT2D eigenvalue weighted by molar-refractivity contribution is -0.189. The van der Waals surface area contributed by atoms with E-state index in [0.717, 1.165) is 0 Å². The lowest BCUT2D eigenvalue weighted by Crippen LogP contribution is -2.58. The quantitative estimate of drug-likeness (QED) is 0.375. The normalized spacial score (nSPS) is 56.5. The summed E-state index contributed by atoms with van der Waals surface area (Å²) in [5.74, 6) is 0. The third-order valence-electron chi connectivity index (χ3n) is 2.18. The Morgan fingerprint density at radius 1 is 1.27 bits per heavy atom. The minimum atomic E-state index is -0.913. The van der Waals surface area contributed by atoms with Gasteiger partial charge in [-0.2, -0.15) is 0 Å². The van der Waals surface area contributed by atoms with Gasteiger partial charge in [0.1, 0.15) is 18.3 Å². The fourth-order valence-electron chi connectivity index (χ4n) is 1.43. The molecule has 2 saturated heterocycles. The predicted molar refractivity (Wildman–Crippen MR) is 34.6 cm³/mol. The summed E-state index contributed by atoms with van der Waals surface area (Å²) in [5.41, 5.74) is 5.48. The minimum absolute atomic E-state index is 0.316. The van der Waals surface area contributed by atoms with Crippen LogP contribution in [0, 0.1) is 0 Å². The maximum Gasteiger partial charge on any atom is 0.185 e. The van der Waals surface area contributed by atoms with Crippen molar-refractivity contribution in [2.75, 3.05) is 6.61 Å². The van der Waals surface area contributed by atoms with E-state index in [1.54, 1.807) is 0 Å². The van der Waals surface area contributed by atoms with Gasteiger partial charge in [-0.05, 0) is 0 Å². The van der Waals surface area contributed by atoms with Gasteiger partial charge in [0.2, 0.25) is 0 Å². The van der Waals surface area contributed by atoms with Gasteiger partial charge < -0.3 is 25.4 Å². The molecular formula is C6H11NO4. The molecule has 5 heteroatoms. The number of hydrogen-bond donors (Lipinski definition) is 3. The Kier molecular flexibility index (Phi) is 1.62. The van der Waals surface area contributed by atoms with E-state index in [1.807, 2.05) is 0 Å². The largest absolute Gasteiger partial charge is 0.389 e. The molecule has 64 valence electrons. The summed E-state index contributed by atoms with van der Waals surface area (Å²) in [4.78, 5) is 0. The third kappa shape index (κ3) is 0.969. The topological polar surface area (TPSA) is 84.9 Å². The van der Waals surface area contributed by atoms with E-state index >= 15 is 0 Å². The summed E-state index contributed by atoms with van der Waals surface area (Å²) in [7, 11) is 0. The Labute approximate surface area is 63.7 Å². The zero-order valence-electron chi connectivity index (χ0n) is 5.88. The van der Waals surface area contributed by atoms with Crippen molar-refractivity contribution in [2.45, 2.75) is 30.6 Å². The molecule has 0 saturated carbocycles. The monoisotopic (exact) mass is 161 g/mol. The zero-order valence-corrected chi connectivity index (χ0v) is 5.88. The van der Waals surface area contributed by atoms with Crippen LogP contribution >= 0.6 is 0 Å². The van der Waals surface area contributed by atoms with Crippen LogP contribution in [-0.4, -0.2) is 47.5 Å². The summed E-state index contributed by atoms with van der Waals surface area (Å²) in [6.07, 6.45) is -2.73. The first-order valence-electron chi connectivity index (χ1n) is 3.59. The van der Waals surface area contributed by atoms with Crippen molar-refractivity contribution in [2.24, 2.45) is 5.73 Å². The van der Waals surface area contributed by atoms with Gasteiger partial charge in [-0.15, -0.1) is 0 Å². The number of aliphatic hydroxyl groups excluding tert-OH is 2. The molecule has 2 rings (SSSR count). The number of hydrogen-bond acceptors (Lipinski definition) is 5. The van der Waals surface area contributed by atoms with Crippen molar-refractivity contribution in [1.82, 2.24) is 0 Å². The molecule has 4 N–H and O–H groups in total. The van der Waals surface area contributed by atoms with Gasteiger partial charge in [0, 0.05) is 0 Å². The summed E-state index contributed by atoms with van der Waals surface area (Å²) >= 11 is 0. The number of ether oxygens (including phenoxy) is 2. The first-order valence-corrected chi connectivity index (χ1v) is 3.59. The van der Waals surface area contributed by atoms with Crippen LogP contribution < -0.4 is 5.73 Å². The minimum Gasteiger partial charge on any atom is -0.389 e. The standard InChI is InChI=1S/C6H11NO4/c7-3-4(8)2-1-10-6(11-2)5(3)9/h2-6,8-9H,1,7H2/t2-,3+,4-,5+,6-/m1/s1. The van der Waals surface area contributed by atoms with Crippen molar-refractivity contribution >= 4 is 0 Å². The molecule has 0 aromatic carbocycles. The molecule has 2 aliphatic rings. The average Bonchev–Trinajstić information content (AvgIpc) is 2.44. The molecule has 0 radical (unpaired) electrons. The van der Waals surface area contributed by atoms with Gasteiger partial charge in [-0.3, -0.25) is 0 Å². The Morgan fingerprint density at radius 3 is 2.73 bits per heavy atom. The van der Waals surface area contributed by atoms with E-state index in [0.29, 0.717) is 6.61 Å². The summed E-state index contributed by atoms with van der Waals surface area (Å²) in [6.45, 7) is 0.316. The molecule has 0 spiro atoms. The maximum absolute atomic E-state index is 9.34. The van der Waals surface area contributed by atoms with Gasteiger partial charge in [0.05, 0.1) is 12.6 Å². The summed E-state index contributed by atoms with van der Waals surface area (Å²) in [6, 6.07) is -0.652. The third-order valence-corrected chi connectivity index (χ3v) is 2.18. The van der Waals surface area contributed by atoms with Crippen molar-refractivity contribution in [3.8, 4) is 0 Å². The second kappa shape index (κ2) is 2.40. The van der Waals surface area contributed by atoms with Crippen LogP contribution in [-0.2, 0) is 9.47 Å². The molecule has 2 aliphatic heterocycles. The molecule has 0 unspecified atom stereocenters. The maximum atomic E-state index is 9.34. The highest BCUT2D eigenvalue weighted by atomic mass is 16.7. The fourth-order valence-corrected chi connectivity index (χ4v) is 1.43. The number of aliphatic hydroxyl groups is 2. The molecule has 2 heterocycles. The molecular weight excluding hydrogens is 150 g/mol. The molecule has 0 amide bonds. The highest BCUT2D eigenvalue weighted by Crippen LogP contribution is 2.26. The van der Waals surface area contributed by atoms with Gasteiger partial charge >= 0.3 is 0 Å². The Morgan fingerprint density at radius 2 is 2.00 bits per heavy atom. The van der Waals surface area contributed by atoms with E-state index in [4.69, 9.17) is 15.2 Å². The first kappa shape index (κ1) is 7.45. The van der Waals surface area contributed by atoms with E-state index in [1.165, 1.54) is 0 Å². The van der Waals surface area contributed by atoms with Crippen molar-refractivity contribution in [3.05, 3.63) is 0 Å². The second-order valence-corrected chi connectivity index (χ2v) is 2.93. The fraction of sp³-hybridized carbons (Fsp3) is 1.00. The molecule has 5 atom stereocenters. The molecule has 2 bridgehead atoms. The van der Waals surface area contributed by atoms with Crippen LogP contribution in [0.4, 0.5) is 0 Å². The molecule has 5 nitrogen and oxygen atoms in total. The average molecular weight is 161 g/mol. The number of rotatable bonds is 0. The van der Waals surface area contributed by atoms with E-state index in [9.17, 15) is 10.2 Å². The van der Waals surface area contributed by atoms with Gasteiger partial charge in [0.15, 0.2) is 6.29 Å². The molecule has 11 heavy (non-hydrogen) atoms. The van der Waals surface area contributed by atoms with E-state index < -0.39 is 24.5 Å². The van der Waals surface area contributed by atoms with Crippen molar-refractivity contribution < 1.29 is 19.7 Å². The summed E-state index contributed by atoms with van der Waals surface area (Å²) in [5, 5.41) is 18.6. The van der Waals surface area contributed by atoms with E-state index in [2.05, 4.69) is 0 Å². The zero-order chi connectivity index (χ0) is 8.01. The van der Waals surface area contributed by atoms with E-state index in [-0.39, 0.29) is 6.10 Å². The Bertz CT molecular complexity index is 145. The second-order valence-electron chi connectivity index (χ2n) is 2.93. The highest BCUT2D eigenvalue weighted by molar-refractivity contribution is 4.95. The number of nitrogens with two attached hydrogens (primary N) is 1. The molecule has 0 aromatic rings. The van der Waals surface area contributed by atoms with Crippen LogP contribution in [0.3, 0.4) is 0 Å². The lowest BCUT2D eigenvalue weighted by atomic mass is 9.99. The van der Waals surface area contributed by atoms with Crippen LogP contribution in [0.5, 0.6) is 0 Å². The SMILES string of the molecule is N[C@@H]1[C@H](O)[C@@H]2OC[C@@H](O2)[C@H]1O. The van der Waals surface area contributed by atoms with Crippen LogP contribution in [0.25, 0.3) is 0 Å². The Balaban J connectivity index is 2.16.